The van der Waals surface area contributed by atoms with Gasteiger partial charge >= 0.3 is 0 Å². The molecule has 0 amide bonds. The van der Waals surface area contributed by atoms with Crippen LogP contribution in [0.3, 0.4) is 0 Å². The van der Waals surface area contributed by atoms with Gasteiger partial charge < -0.3 is 10.1 Å². The number of nitrogens with zero attached hydrogens (tertiary/aromatic N) is 2. The van der Waals surface area contributed by atoms with E-state index >= 15 is 0 Å². The molecule has 156 valence electrons. The van der Waals surface area contributed by atoms with Crippen LogP contribution in [0, 0.1) is 0 Å². The van der Waals surface area contributed by atoms with Gasteiger partial charge in [0.2, 0.25) is 0 Å². The Kier molecular flexibility index (Phi) is 13.3. The van der Waals surface area contributed by atoms with Crippen molar-refractivity contribution in [3.8, 4) is 11.3 Å². The average molecular weight is 459 g/mol. The molecule has 0 bridgehead atoms. The minimum atomic E-state index is 0.505. The Morgan fingerprint density at radius 1 is 1.24 bits per heavy atom. The number of H-pyrrole nitrogens is 1. The number of carbonyl (C=O) groups excluding carboxylic acids is 1. The van der Waals surface area contributed by atoms with E-state index in [2.05, 4.69) is 36.4 Å². The van der Waals surface area contributed by atoms with E-state index in [1.807, 2.05) is 62.2 Å². The molecule has 0 aromatic carbocycles. The van der Waals surface area contributed by atoms with E-state index < -0.39 is 0 Å². The number of pyridine rings is 1. The number of allylic oxidation sites excluding steroid dienone is 5. The molecule has 0 spiro atoms. The van der Waals surface area contributed by atoms with Gasteiger partial charge in [-0.05, 0) is 36.0 Å². The van der Waals surface area contributed by atoms with Gasteiger partial charge in [-0.25, -0.2) is 0 Å². The van der Waals surface area contributed by atoms with Crippen LogP contribution in [-0.2, 0) is 17.8 Å². The number of aldehydes is 1. The standard InChI is InChI=1S/C11H12N4.C10H13BrO.C2H6/c1-4-12-5-2-8(1)11-9-7-13-6-3-10(9)14-15-11;1-2-10(7-9-12)6-4-3-5-8-11;1-2/h1-2,4-5,13H,3,6-7H2,(H,14,15);2,4-6,8-9H,3,7H2,1H3;1-2H3/b;6-4?,8-5+,10-2+;. The average Bonchev–Trinajstić information content (AvgIpc) is 3.22. The van der Waals surface area contributed by atoms with Gasteiger partial charge in [-0.1, -0.05) is 54.1 Å². The molecule has 0 unspecified atom stereocenters. The summed E-state index contributed by atoms with van der Waals surface area (Å²) in [7, 11) is 0. The van der Waals surface area contributed by atoms with Gasteiger partial charge in [0, 0.05) is 55.1 Å². The molecule has 0 atom stereocenters. The predicted octanol–water partition coefficient (Wildman–Crippen LogP) is 5.52. The van der Waals surface area contributed by atoms with Crippen LogP contribution < -0.4 is 5.32 Å². The monoisotopic (exact) mass is 458 g/mol. The summed E-state index contributed by atoms with van der Waals surface area (Å²) in [6.07, 6.45) is 14.9. The Hall–Kier alpha value is -2.31. The number of aromatic amines is 1. The van der Waals surface area contributed by atoms with Crippen molar-refractivity contribution < 1.29 is 4.79 Å². The summed E-state index contributed by atoms with van der Waals surface area (Å²) < 4.78 is 0. The molecule has 0 radical (unpaired) electrons. The van der Waals surface area contributed by atoms with Crippen LogP contribution in [0.2, 0.25) is 0 Å². The van der Waals surface area contributed by atoms with Crippen LogP contribution in [-0.4, -0.2) is 28.0 Å². The topological polar surface area (TPSA) is 70.7 Å². The van der Waals surface area contributed by atoms with Crippen LogP contribution in [0.1, 0.15) is 44.9 Å². The van der Waals surface area contributed by atoms with Gasteiger partial charge in [0.15, 0.2) is 0 Å². The lowest BCUT2D eigenvalue weighted by atomic mass is 10.0. The van der Waals surface area contributed by atoms with Crippen LogP contribution in [0.15, 0.2) is 59.4 Å². The van der Waals surface area contributed by atoms with Crippen LogP contribution in [0.5, 0.6) is 0 Å². The molecule has 3 rings (SSSR count). The van der Waals surface area contributed by atoms with Crippen molar-refractivity contribution in [1.29, 1.82) is 0 Å². The van der Waals surface area contributed by atoms with Crippen molar-refractivity contribution in [2.45, 2.75) is 46.6 Å². The van der Waals surface area contributed by atoms with E-state index in [0.717, 1.165) is 49.0 Å². The summed E-state index contributed by atoms with van der Waals surface area (Å²) in [6, 6.07) is 3.98. The summed E-state index contributed by atoms with van der Waals surface area (Å²) in [4.78, 5) is 16.0. The highest BCUT2D eigenvalue weighted by Crippen LogP contribution is 2.24. The van der Waals surface area contributed by atoms with Crippen molar-refractivity contribution in [2.75, 3.05) is 6.54 Å². The van der Waals surface area contributed by atoms with Gasteiger partial charge in [0.1, 0.15) is 6.29 Å². The third kappa shape index (κ3) is 8.71. The lowest BCUT2D eigenvalue weighted by Gasteiger charge is -2.12. The van der Waals surface area contributed by atoms with Crippen LogP contribution >= 0.6 is 15.9 Å². The van der Waals surface area contributed by atoms with E-state index in [1.54, 1.807) is 12.4 Å². The maximum absolute atomic E-state index is 10.2. The fourth-order valence-electron chi connectivity index (χ4n) is 2.70. The summed E-state index contributed by atoms with van der Waals surface area (Å²) >= 11 is 3.18. The first-order chi connectivity index (χ1) is 14.3. The quantitative estimate of drug-likeness (QED) is 0.441. The molecule has 0 aliphatic carbocycles. The number of rotatable bonds is 6. The molecule has 0 saturated heterocycles. The number of fused-ring (bicyclic) bond motifs is 1. The Morgan fingerprint density at radius 3 is 2.66 bits per heavy atom. The van der Waals surface area contributed by atoms with Gasteiger partial charge in [0.25, 0.3) is 0 Å². The van der Waals surface area contributed by atoms with Crippen molar-refractivity contribution >= 4 is 22.2 Å². The number of hydrogen-bond acceptors (Lipinski definition) is 4. The van der Waals surface area contributed by atoms with Crippen molar-refractivity contribution in [2.24, 2.45) is 0 Å². The number of halogens is 1. The van der Waals surface area contributed by atoms with E-state index in [4.69, 9.17) is 0 Å². The third-order valence-corrected chi connectivity index (χ3v) is 4.52. The van der Waals surface area contributed by atoms with Gasteiger partial charge in [-0.2, -0.15) is 5.10 Å². The van der Waals surface area contributed by atoms with Gasteiger partial charge in [0.05, 0.1) is 5.69 Å². The molecule has 3 heterocycles. The summed E-state index contributed by atoms with van der Waals surface area (Å²) in [5.41, 5.74) is 5.81. The molecule has 1 aliphatic heterocycles. The van der Waals surface area contributed by atoms with Crippen LogP contribution in [0.25, 0.3) is 11.3 Å². The zero-order chi connectivity index (χ0) is 21.3. The number of aromatic nitrogens is 3. The molecule has 29 heavy (non-hydrogen) atoms. The SMILES string of the molecule is C/C=C(\C=CC/C=C/Br)CC=O.CC.c1cc(-c2n[nH]c3c2CNCC3)ccn1. The molecule has 6 heteroatoms. The first-order valence-corrected chi connectivity index (χ1v) is 10.9. The Morgan fingerprint density at radius 2 is 2.00 bits per heavy atom. The highest BCUT2D eigenvalue weighted by atomic mass is 79.9. The van der Waals surface area contributed by atoms with E-state index in [-0.39, 0.29) is 0 Å². The first kappa shape index (κ1) is 24.7. The number of nitrogens with one attached hydrogen (secondary N) is 2. The lowest BCUT2D eigenvalue weighted by Crippen LogP contribution is -2.23. The summed E-state index contributed by atoms with van der Waals surface area (Å²) in [5.74, 6) is 0. The zero-order valence-electron chi connectivity index (χ0n) is 17.5. The second-order valence-corrected chi connectivity index (χ2v) is 6.45. The summed E-state index contributed by atoms with van der Waals surface area (Å²) in [6.45, 7) is 7.87. The second kappa shape index (κ2) is 15.6. The molecule has 2 aromatic heterocycles. The second-order valence-electron chi connectivity index (χ2n) is 5.93. The smallest absolute Gasteiger partial charge is 0.124 e. The number of hydrogen-bond donors (Lipinski definition) is 2. The van der Waals surface area contributed by atoms with Gasteiger partial charge in [-0.3, -0.25) is 10.1 Å². The lowest BCUT2D eigenvalue weighted by molar-refractivity contribution is -0.107. The Labute approximate surface area is 182 Å². The minimum Gasteiger partial charge on any atom is -0.312 e. The zero-order valence-corrected chi connectivity index (χ0v) is 19.1. The predicted molar refractivity (Wildman–Crippen MR) is 125 cm³/mol. The molecular weight excluding hydrogens is 428 g/mol. The third-order valence-electron chi connectivity index (χ3n) is 4.14. The Bertz CT molecular complexity index is 794. The van der Waals surface area contributed by atoms with Crippen molar-refractivity contribution in [3.63, 3.8) is 0 Å². The first-order valence-electron chi connectivity index (χ1n) is 9.98. The normalized spacial score (nSPS) is 13.3. The summed E-state index contributed by atoms with van der Waals surface area (Å²) in [5, 5.41) is 10.9. The maximum atomic E-state index is 10.2. The minimum absolute atomic E-state index is 0.505. The molecule has 2 N–H and O–H groups in total. The number of carbonyl (C=O) groups is 1. The van der Waals surface area contributed by atoms with Crippen molar-refractivity contribution in [1.82, 2.24) is 20.5 Å². The highest BCUT2D eigenvalue weighted by molar-refractivity contribution is 9.11. The molecule has 0 fully saturated rings. The van der Waals surface area contributed by atoms with Crippen molar-refractivity contribution in [3.05, 3.63) is 70.6 Å². The van der Waals surface area contributed by atoms with E-state index in [1.165, 1.54) is 11.3 Å². The largest absolute Gasteiger partial charge is 0.312 e. The fourth-order valence-corrected chi connectivity index (χ4v) is 2.92. The highest BCUT2D eigenvalue weighted by Gasteiger charge is 2.17. The fraction of sp³-hybridized carbons (Fsp3) is 0.348. The molecular formula is C23H31BrN4O. The van der Waals surface area contributed by atoms with E-state index in [9.17, 15) is 4.79 Å². The molecule has 1 aliphatic rings. The van der Waals surface area contributed by atoms with E-state index in [0.29, 0.717) is 6.42 Å². The molecule has 0 saturated carbocycles. The maximum Gasteiger partial charge on any atom is 0.124 e. The van der Waals surface area contributed by atoms with Gasteiger partial charge in [-0.15, -0.1) is 0 Å². The molecule has 5 nitrogen and oxygen atoms in total. The Balaban J connectivity index is 0.000000275. The van der Waals surface area contributed by atoms with Crippen LogP contribution in [0.4, 0.5) is 0 Å². The molecule has 2 aromatic rings.